The van der Waals surface area contributed by atoms with Crippen molar-refractivity contribution in [3.05, 3.63) is 34.4 Å². The number of primary amides is 1. The number of carbonyl (C=O) groups excluding carboxylic acids is 4. The van der Waals surface area contributed by atoms with Crippen LogP contribution >= 0.6 is 0 Å². The first-order chi connectivity index (χ1) is 15.3. The summed E-state index contributed by atoms with van der Waals surface area (Å²) < 4.78 is 1.31. The molecular weight excluding hydrogens is 414 g/mol. The number of piperidine rings is 1. The monoisotopic (exact) mass is 441 g/mol. The summed E-state index contributed by atoms with van der Waals surface area (Å²) in [5, 5.41) is 5.36. The Kier molecular flexibility index (Phi) is 7.34. The molecule has 1 aliphatic rings. The van der Waals surface area contributed by atoms with Gasteiger partial charge in [-0.25, -0.2) is 4.98 Å². The number of amides is 4. The molecule has 4 N–H and O–H groups in total. The standard InChI is InChI=1S/C22H27N5O5/c1-13-24-20-14(22(32)27(13)16-11-12-19(30)26-21(16)31)7-6-8-15(20)25-18(29)10-5-3-2-4-9-17(23)28/h6-8,16H,2-5,9-12H2,1H3,(H2,23,28)(H,25,29)(H,26,30,31). The Morgan fingerprint density at radius 2 is 1.88 bits per heavy atom. The van der Waals surface area contributed by atoms with Crippen molar-refractivity contribution < 1.29 is 19.2 Å². The SMILES string of the molecule is Cc1nc2c(NC(=O)CCCCCCC(N)=O)cccc2c(=O)n1C1CCC(=O)NC1=O. The number of benzene rings is 1. The van der Waals surface area contributed by atoms with Gasteiger partial charge >= 0.3 is 0 Å². The van der Waals surface area contributed by atoms with E-state index in [0.29, 0.717) is 42.7 Å². The van der Waals surface area contributed by atoms with Crippen molar-refractivity contribution in [1.82, 2.24) is 14.9 Å². The number of aromatic nitrogens is 2. The van der Waals surface area contributed by atoms with Gasteiger partial charge in [0.15, 0.2) is 0 Å². The van der Waals surface area contributed by atoms with Gasteiger partial charge in [0.2, 0.25) is 23.6 Å². The summed E-state index contributed by atoms with van der Waals surface area (Å²) in [4.78, 5) is 64.4. The lowest BCUT2D eigenvalue weighted by Gasteiger charge is -2.24. The average molecular weight is 441 g/mol. The maximum atomic E-state index is 13.1. The number of imide groups is 1. The summed E-state index contributed by atoms with van der Waals surface area (Å²) in [7, 11) is 0. The van der Waals surface area contributed by atoms with Gasteiger partial charge in [-0.15, -0.1) is 0 Å². The van der Waals surface area contributed by atoms with Crippen LogP contribution in [0.15, 0.2) is 23.0 Å². The summed E-state index contributed by atoms with van der Waals surface area (Å²) in [6.45, 7) is 1.62. The minimum Gasteiger partial charge on any atom is -0.370 e. The number of anilines is 1. The van der Waals surface area contributed by atoms with Crippen molar-refractivity contribution in [1.29, 1.82) is 0 Å². The van der Waals surface area contributed by atoms with Gasteiger partial charge in [0, 0.05) is 19.3 Å². The number of hydrogen-bond acceptors (Lipinski definition) is 6. The Bertz CT molecular complexity index is 1120. The molecule has 0 saturated carbocycles. The van der Waals surface area contributed by atoms with Crippen molar-refractivity contribution in [3.8, 4) is 0 Å². The van der Waals surface area contributed by atoms with E-state index in [-0.39, 0.29) is 35.9 Å². The van der Waals surface area contributed by atoms with Gasteiger partial charge in [0.1, 0.15) is 17.4 Å². The van der Waals surface area contributed by atoms with Crippen LogP contribution in [0.1, 0.15) is 63.2 Å². The van der Waals surface area contributed by atoms with Gasteiger partial charge in [0.05, 0.1) is 11.1 Å². The van der Waals surface area contributed by atoms with E-state index in [2.05, 4.69) is 15.6 Å². The van der Waals surface area contributed by atoms with Crippen LogP contribution in [0.25, 0.3) is 10.9 Å². The number of nitrogens with zero attached hydrogens (tertiary/aromatic N) is 2. The number of hydrogen-bond donors (Lipinski definition) is 3. The zero-order valence-corrected chi connectivity index (χ0v) is 18.0. The van der Waals surface area contributed by atoms with Gasteiger partial charge in [-0.2, -0.15) is 0 Å². The van der Waals surface area contributed by atoms with Crippen LogP contribution < -0.4 is 21.9 Å². The number of rotatable bonds is 9. The van der Waals surface area contributed by atoms with E-state index in [1.54, 1.807) is 25.1 Å². The smallest absolute Gasteiger partial charge is 0.262 e. The van der Waals surface area contributed by atoms with Crippen molar-refractivity contribution >= 4 is 40.2 Å². The molecule has 32 heavy (non-hydrogen) atoms. The number of para-hydroxylation sites is 1. The Hall–Kier alpha value is -3.56. The summed E-state index contributed by atoms with van der Waals surface area (Å²) in [5.41, 5.74) is 5.49. The highest BCUT2D eigenvalue weighted by molar-refractivity contribution is 6.01. The molecule has 0 bridgehead atoms. The second kappa shape index (κ2) is 10.2. The Morgan fingerprint density at radius 1 is 1.16 bits per heavy atom. The quantitative estimate of drug-likeness (QED) is 0.395. The van der Waals surface area contributed by atoms with Crippen molar-refractivity contribution in [2.24, 2.45) is 5.73 Å². The van der Waals surface area contributed by atoms with E-state index in [1.807, 2.05) is 0 Å². The lowest BCUT2D eigenvalue weighted by Crippen LogP contribution is -2.45. The van der Waals surface area contributed by atoms with Crippen LogP contribution in [0.2, 0.25) is 0 Å². The number of nitrogens with two attached hydrogens (primary N) is 1. The van der Waals surface area contributed by atoms with Crippen molar-refractivity contribution in [2.45, 2.75) is 64.3 Å². The normalized spacial score (nSPS) is 16.1. The Balaban J connectivity index is 1.74. The molecule has 1 fully saturated rings. The maximum Gasteiger partial charge on any atom is 0.262 e. The second-order valence-electron chi connectivity index (χ2n) is 7.93. The van der Waals surface area contributed by atoms with Crippen LogP contribution in [0.4, 0.5) is 5.69 Å². The van der Waals surface area contributed by atoms with Crippen LogP contribution in [0, 0.1) is 6.92 Å². The van der Waals surface area contributed by atoms with E-state index in [1.165, 1.54) is 4.57 Å². The maximum absolute atomic E-state index is 13.1. The van der Waals surface area contributed by atoms with E-state index in [0.717, 1.165) is 12.8 Å². The molecule has 2 aromatic rings. The van der Waals surface area contributed by atoms with Crippen LogP contribution in [-0.4, -0.2) is 33.2 Å². The molecule has 10 nitrogen and oxygen atoms in total. The first kappa shape index (κ1) is 23.1. The molecule has 10 heteroatoms. The van der Waals surface area contributed by atoms with E-state index < -0.39 is 17.5 Å². The molecule has 1 aromatic carbocycles. The number of aryl methyl sites for hydroxylation is 1. The predicted octanol–water partition coefficient (Wildman–Crippen LogP) is 1.45. The molecule has 1 unspecified atom stereocenters. The van der Waals surface area contributed by atoms with E-state index in [9.17, 15) is 24.0 Å². The highest BCUT2D eigenvalue weighted by Gasteiger charge is 2.30. The van der Waals surface area contributed by atoms with Gasteiger partial charge < -0.3 is 11.1 Å². The number of fused-ring (bicyclic) bond motifs is 1. The Labute approximate surface area is 184 Å². The second-order valence-corrected chi connectivity index (χ2v) is 7.93. The fourth-order valence-electron chi connectivity index (χ4n) is 3.88. The zero-order valence-electron chi connectivity index (χ0n) is 18.0. The lowest BCUT2D eigenvalue weighted by molar-refractivity contribution is -0.136. The highest BCUT2D eigenvalue weighted by Crippen LogP contribution is 2.23. The summed E-state index contributed by atoms with van der Waals surface area (Å²) >= 11 is 0. The molecule has 1 aromatic heterocycles. The predicted molar refractivity (Wildman–Crippen MR) is 118 cm³/mol. The lowest BCUT2D eigenvalue weighted by atomic mass is 10.1. The molecular formula is C22H27N5O5. The van der Waals surface area contributed by atoms with Crippen molar-refractivity contribution in [3.63, 3.8) is 0 Å². The van der Waals surface area contributed by atoms with Crippen LogP contribution in [0.5, 0.6) is 0 Å². The molecule has 1 saturated heterocycles. The van der Waals surface area contributed by atoms with Gasteiger partial charge in [0.25, 0.3) is 5.56 Å². The Morgan fingerprint density at radius 3 is 2.56 bits per heavy atom. The largest absolute Gasteiger partial charge is 0.370 e. The summed E-state index contributed by atoms with van der Waals surface area (Å²) in [6.07, 6.45) is 4.05. The first-order valence-corrected chi connectivity index (χ1v) is 10.7. The third-order valence-electron chi connectivity index (χ3n) is 5.48. The van der Waals surface area contributed by atoms with Gasteiger partial charge in [-0.3, -0.25) is 33.9 Å². The number of carbonyl (C=O) groups is 4. The van der Waals surface area contributed by atoms with E-state index in [4.69, 9.17) is 5.73 Å². The fourth-order valence-corrected chi connectivity index (χ4v) is 3.88. The minimum absolute atomic E-state index is 0.152. The van der Waals surface area contributed by atoms with Gasteiger partial charge in [-0.05, 0) is 38.3 Å². The molecule has 170 valence electrons. The molecule has 0 radical (unpaired) electrons. The highest BCUT2D eigenvalue weighted by atomic mass is 16.2. The summed E-state index contributed by atoms with van der Waals surface area (Å²) in [5.74, 6) is -1.07. The van der Waals surface area contributed by atoms with Crippen LogP contribution in [0.3, 0.4) is 0 Å². The minimum atomic E-state index is -0.801. The fraction of sp³-hybridized carbons (Fsp3) is 0.455. The number of unbranched alkanes of at least 4 members (excludes halogenated alkanes) is 3. The third kappa shape index (κ3) is 5.37. The molecule has 3 rings (SSSR count). The topological polar surface area (TPSA) is 153 Å². The molecule has 0 aliphatic carbocycles. The van der Waals surface area contributed by atoms with Crippen LogP contribution in [-0.2, 0) is 19.2 Å². The zero-order chi connectivity index (χ0) is 23.3. The molecule has 0 spiro atoms. The summed E-state index contributed by atoms with van der Waals surface area (Å²) in [6, 6.07) is 4.12. The first-order valence-electron chi connectivity index (χ1n) is 10.7. The molecule has 2 heterocycles. The van der Waals surface area contributed by atoms with Crippen molar-refractivity contribution in [2.75, 3.05) is 5.32 Å². The van der Waals surface area contributed by atoms with Gasteiger partial charge in [-0.1, -0.05) is 18.9 Å². The van der Waals surface area contributed by atoms with E-state index >= 15 is 0 Å². The molecule has 1 aliphatic heterocycles. The molecule has 1 atom stereocenters. The average Bonchev–Trinajstić information content (AvgIpc) is 2.72. The molecule has 4 amide bonds. The third-order valence-corrected chi connectivity index (χ3v) is 5.48. The number of nitrogens with one attached hydrogen (secondary N) is 2.